The van der Waals surface area contributed by atoms with Gasteiger partial charge in [0.2, 0.25) is 0 Å². The second kappa shape index (κ2) is 12.1. The zero-order chi connectivity index (χ0) is 33.0. The highest BCUT2D eigenvalue weighted by Crippen LogP contribution is 2.69. The molecule has 250 valence electrons. The van der Waals surface area contributed by atoms with E-state index >= 15 is 0 Å². The number of carbonyl (C=O) groups excluding carboxylic acids is 2. The summed E-state index contributed by atoms with van der Waals surface area (Å²) >= 11 is 0. The minimum Gasteiger partial charge on any atom is -0.462 e. The Morgan fingerprint density at radius 1 is 0.826 bits per heavy atom. The summed E-state index contributed by atoms with van der Waals surface area (Å²) in [5.74, 6) is -0.600. The molecule has 1 spiro atoms. The predicted molar refractivity (Wildman–Crippen MR) is 176 cm³/mol. The second-order valence-electron chi connectivity index (χ2n) is 15.6. The van der Waals surface area contributed by atoms with Crippen LogP contribution < -0.4 is 0 Å². The highest BCUT2D eigenvalue weighted by molar-refractivity contribution is 5.91. The Balaban J connectivity index is 1.27. The van der Waals surface area contributed by atoms with E-state index in [2.05, 4.69) is 20.8 Å². The SMILES string of the molecule is Cc1ccccc1C(=O)OCCC1(COC(=O)c2ccccc2C)CCC2(O1)C(C)CCC1C3(C)COC(C)(C)OC3CCC12C. The summed E-state index contributed by atoms with van der Waals surface area (Å²) in [6.07, 6.45) is 6.28. The van der Waals surface area contributed by atoms with Gasteiger partial charge in [0.15, 0.2) is 5.79 Å². The minimum absolute atomic E-state index is 0.109. The lowest BCUT2D eigenvalue weighted by molar-refractivity contribution is -0.359. The van der Waals surface area contributed by atoms with Gasteiger partial charge in [-0.05, 0) is 101 Å². The summed E-state index contributed by atoms with van der Waals surface area (Å²) < 4.78 is 32.3. The van der Waals surface area contributed by atoms with Crippen LogP contribution in [0.15, 0.2) is 48.5 Å². The maximum absolute atomic E-state index is 13.4. The molecule has 7 unspecified atom stereocenters. The molecule has 0 aromatic heterocycles. The number of fused-ring (bicyclic) bond motifs is 4. The number of ether oxygens (including phenoxy) is 5. The van der Waals surface area contributed by atoms with Crippen LogP contribution in [0.1, 0.15) is 111 Å². The Morgan fingerprint density at radius 2 is 1.46 bits per heavy atom. The van der Waals surface area contributed by atoms with Crippen LogP contribution in [-0.4, -0.2) is 54.9 Å². The molecule has 0 N–H and O–H groups in total. The maximum Gasteiger partial charge on any atom is 0.338 e. The molecular formula is C39H52O7. The van der Waals surface area contributed by atoms with Gasteiger partial charge in [-0.3, -0.25) is 0 Å². The fourth-order valence-electron chi connectivity index (χ4n) is 9.63. The summed E-state index contributed by atoms with van der Waals surface area (Å²) in [6, 6.07) is 14.9. The van der Waals surface area contributed by atoms with E-state index in [9.17, 15) is 9.59 Å². The van der Waals surface area contributed by atoms with Crippen molar-refractivity contribution >= 4 is 11.9 Å². The van der Waals surface area contributed by atoms with Crippen LogP contribution in [0.25, 0.3) is 0 Å². The fourth-order valence-corrected chi connectivity index (χ4v) is 9.63. The summed E-state index contributed by atoms with van der Waals surface area (Å²) in [5.41, 5.74) is 1.44. The van der Waals surface area contributed by atoms with Gasteiger partial charge >= 0.3 is 11.9 Å². The number of hydrogen-bond acceptors (Lipinski definition) is 7. The molecule has 2 aliphatic carbocycles. The quantitative estimate of drug-likeness (QED) is 0.286. The van der Waals surface area contributed by atoms with E-state index in [0.717, 1.165) is 49.7 Å². The second-order valence-corrected chi connectivity index (χ2v) is 15.6. The van der Waals surface area contributed by atoms with Gasteiger partial charge in [-0.25, -0.2) is 9.59 Å². The van der Waals surface area contributed by atoms with Gasteiger partial charge in [0.25, 0.3) is 0 Å². The lowest BCUT2D eigenvalue weighted by Gasteiger charge is -2.67. The first-order valence-corrected chi connectivity index (χ1v) is 17.2. The van der Waals surface area contributed by atoms with Crippen LogP contribution in [0, 0.1) is 36.5 Å². The largest absolute Gasteiger partial charge is 0.462 e. The maximum atomic E-state index is 13.4. The first kappa shape index (κ1) is 33.2. The van der Waals surface area contributed by atoms with Crippen molar-refractivity contribution < 1.29 is 33.3 Å². The molecule has 4 aliphatic rings. The molecule has 4 fully saturated rings. The van der Waals surface area contributed by atoms with Crippen LogP contribution in [0.3, 0.4) is 0 Å². The van der Waals surface area contributed by atoms with Crippen molar-refractivity contribution in [1.82, 2.24) is 0 Å². The molecule has 6 rings (SSSR count). The van der Waals surface area contributed by atoms with Crippen molar-refractivity contribution in [2.75, 3.05) is 19.8 Å². The third-order valence-electron chi connectivity index (χ3n) is 12.4. The first-order valence-electron chi connectivity index (χ1n) is 17.2. The molecule has 2 aromatic rings. The third kappa shape index (κ3) is 5.60. The van der Waals surface area contributed by atoms with E-state index in [1.807, 2.05) is 64.1 Å². The molecule has 2 heterocycles. The van der Waals surface area contributed by atoms with Crippen molar-refractivity contribution in [3.8, 4) is 0 Å². The molecule has 46 heavy (non-hydrogen) atoms. The van der Waals surface area contributed by atoms with Crippen molar-refractivity contribution in [3.63, 3.8) is 0 Å². The number of benzene rings is 2. The minimum atomic E-state index is -0.775. The van der Waals surface area contributed by atoms with Crippen LogP contribution in [0.2, 0.25) is 0 Å². The monoisotopic (exact) mass is 632 g/mol. The number of aryl methyl sites for hydroxylation is 2. The molecule has 2 aliphatic heterocycles. The summed E-state index contributed by atoms with van der Waals surface area (Å²) in [4.78, 5) is 26.4. The lowest BCUT2D eigenvalue weighted by atomic mass is 9.43. The van der Waals surface area contributed by atoms with Gasteiger partial charge in [-0.1, -0.05) is 57.2 Å². The Hall–Kier alpha value is -2.74. The molecule has 0 amide bonds. The van der Waals surface area contributed by atoms with Crippen molar-refractivity contribution in [2.24, 2.45) is 22.7 Å². The first-order chi connectivity index (χ1) is 21.7. The van der Waals surface area contributed by atoms with E-state index in [-0.39, 0.29) is 42.1 Å². The van der Waals surface area contributed by atoms with Crippen LogP contribution in [-0.2, 0) is 23.7 Å². The molecular weight excluding hydrogens is 580 g/mol. The van der Waals surface area contributed by atoms with E-state index in [1.165, 1.54) is 0 Å². The normalized spacial score (nSPS) is 36.5. The van der Waals surface area contributed by atoms with E-state index < -0.39 is 17.0 Å². The number of esters is 2. The average Bonchev–Trinajstić information content (AvgIpc) is 3.41. The molecule has 2 saturated carbocycles. The highest BCUT2D eigenvalue weighted by atomic mass is 16.7. The molecule has 0 bridgehead atoms. The smallest absolute Gasteiger partial charge is 0.338 e. The van der Waals surface area contributed by atoms with Crippen molar-refractivity contribution in [2.45, 2.75) is 117 Å². The summed E-state index contributed by atoms with van der Waals surface area (Å²) in [5, 5.41) is 0. The highest BCUT2D eigenvalue weighted by Gasteiger charge is 2.70. The standard InChI is InChI=1S/C39H52O7/c1-26-12-8-10-14-29(26)33(40)42-23-22-38(25-43-34(41)30-15-11-9-13-27(30)2)20-21-39(46-38)28(3)16-17-31-36(6)24-44-35(4,5)45-32(36)18-19-37(31,39)7/h8-15,28,31-32H,16-25H2,1-7H3. The Kier molecular flexibility index (Phi) is 8.69. The summed E-state index contributed by atoms with van der Waals surface area (Å²) in [7, 11) is 0. The van der Waals surface area contributed by atoms with Crippen LogP contribution in [0.5, 0.6) is 0 Å². The molecule has 0 radical (unpaired) electrons. The van der Waals surface area contributed by atoms with E-state index in [4.69, 9.17) is 23.7 Å². The van der Waals surface area contributed by atoms with E-state index in [0.29, 0.717) is 36.0 Å². The van der Waals surface area contributed by atoms with Gasteiger partial charge in [-0.15, -0.1) is 0 Å². The molecule has 7 nitrogen and oxygen atoms in total. The third-order valence-corrected chi connectivity index (χ3v) is 12.4. The zero-order valence-corrected chi connectivity index (χ0v) is 28.8. The Labute approximate surface area is 274 Å². The number of rotatable bonds is 7. The van der Waals surface area contributed by atoms with Crippen LogP contribution in [0.4, 0.5) is 0 Å². The number of carbonyl (C=O) groups is 2. The Morgan fingerprint density at radius 3 is 2.11 bits per heavy atom. The zero-order valence-electron chi connectivity index (χ0n) is 28.8. The van der Waals surface area contributed by atoms with Gasteiger partial charge in [0, 0.05) is 17.3 Å². The van der Waals surface area contributed by atoms with Crippen LogP contribution >= 0.6 is 0 Å². The molecule has 7 atom stereocenters. The van der Waals surface area contributed by atoms with Crippen molar-refractivity contribution in [3.05, 3.63) is 70.8 Å². The number of hydrogen-bond donors (Lipinski definition) is 0. The van der Waals surface area contributed by atoms with Gasteiger partial charge in [-0.2, -0.15) is 0 Å². The fraction of sp³-hybridized carbons (Fsp3) is 0.641. The molecule has 2 aromatic carbocycles. The van der Waals surface area contributed by atoms with E-state index in [1.54, 1.807) is 12.1 Å². The lowest BCUT2D eigenvalue weighted by Crippen LogP contribution is -2.69. The van der Waals surface area contributed by atoms with Gasteiger partial charge < -0.3 is 23.7 Å². The summed E-state index contributed by atoms with van der Waals surface area (Å²) in [6.45, 7) is 15.9. The topological polar surface area (TPSA) is 80.3 Å². The van der Waals surface area contributed by atoms with Gasteiger partial charge in [0.1, 0.15) is 12.2 Å². The average molecular weight is 633 g/mol. The Bertz CT molecular complexity index is 1470. The molecule has 7 heteroatoms. The molecule has 2 saturated heterocycles. The predicted octanol–water partition coefficient (Wildman–Crippen LogP) is 8.00. The van der Waals surface area contributed by atoms with Gasteiger partial charge in [0.05, 0.1) is 36.0 Å². The van der Waals surface area contributed by atoms with Crippen molar-refractivity contribution in [1.29, 1.82) is 0 Å².